The van der Waals surface area contributed by atoms with E-state index in [2.05, 4.69) is 4.98 Å². The first-order valence-electron chi connectivity index (χ1n) is 7.81. The minimum Gasteiger partial charge on any atom is -0.480 e. The Bertz CT molecular complexity index is 1120. The monoisotopic (exact) mass is 488 g/mol. The number of carboxylic acid groups (broad SMARTS) is 1. The van der Waals surface area contributed by atoms with Crippen molar-refractivity contribution in [2.45, 2.75) is 19.4 Å². The lowest BCUT2D eigenvalue weighted by atomic mass is 10.1. The summed E-state index contributed by atoms with van der Waals surface area (Å²) in [6.45, 7) is -0.444. The fourth-order valence-electron chi connectivity index (χ4n) is 2.80. The highest BCUT2D eigenvalue weighted by molar-refractivity contribution is 14.1. The van der Waals surface area contributed by atoms with Crippen molar-refractivity contribution in [3.63, 3.8) is 0 Å². The average molecular weight is 488 g/mol. The van der Waals surface area contributed by atoms with Crippen molar-refractivity contribution in [2.75, 3.05) is 0 Å². The smallest absolute Gasteiger partial charge is 0.323 e. The van der Waals surface area contributed by atoms with Crippen LogP contribution in [0.5, 0.6) is 0 Å². The molecular formula is C18H12F3IN2O3. The van der Waals surface area contributed by atoms with Gasteiger partial charge >= 0.3 is 5.97 Å². The van der Waals surface area contributed by atoms with Gasteiger partial charge in [0, 0.05) is 9.99 Å². The van der Waals surface area contributed by atoms with Crippen LogP contribution in [0.25, 0.3) is 10.9 Å². The molecule has 0 saturated carbocycles. The molecule has 1 aromatic heterocycles. The third kappa shape index (κ3) is 3.97. The van der Waals surface area contributed by atoms with Crippen molar-refractivity contribution < 1.29 is 23.1 Å². The molecule has 0 fully saturated rings. The molecule has 0 radical (unpaired) electrons. The molecule has 140 valence electrons. The third-order valence-corrected chi connectivity index (χ3v) is 4.72. The maximum atomic E-state index is 13.9. The Morgan fingerprint density at radius 3 is 2.56 bits per heavy atom. The number of aromatic nitrogens is 2. The Balaban J connectivity index is 2.06. The topological polar surface area (TPSA) is 72.2 Å². The van der Waals surface area contributed by atoms with Crippen LogP contribution < -0.4 is 5.56 Å². The molecule has 0 aliphatic carbocycles. The lowest BCUT2D eigenvalue weighted by molar-refractivity contribution is -0.137. The Hall–Kier alpha value is -2.43. The summed E-state index contributed by atoms with van der Waals surface area (Å²) < 4.78 is 42.4. The molecule has 0 bridgehead atoms. The van der Waals surface area contributed by atoms with Gasteiger partial charge in [-0.15, -0.1) is 0 Å². The molecular weight excluding hydrogens is 476 g/mol. The van der Waals surface area contributed by atoms with Gasteiger partial charge < -0.3 is 9.67 Å². The number of aryl methyl sites for hydroxylation is 2. The van der Waals surface area contributed by atoms with E-state index in [-0.39, 0.29) is 29.6 Å². The van der Waals surface area contributed by atoms with E-state index >= 15 is 0 Å². The number of aliphatic carboxylic acids is 1. The first kappa shape index (κ1) is 19.3. The second kappa shape index (κ2) is 7.67. The number of hydrogen-bond acceptors (Lipinski definition) is 3. The largest absolute Gasteiger partial charge is 0.480 e. The molecule has 1 N–H and O–H groups in total. The van der Waals surface area contributed by atoms with E-state index in [4.69, 9.17) is 0 Å². The maximum absolute atomic E-state index is 13.9. The predicted octanol–water partition coefficient (Wildman–Crippen LogP) is 3.29. The van der Waals surface area contributed by atoms with Gasteiger partial charge in [-0.05, 0) is 58.8 Å². The van der Waals surface area contributed by atoms with Crippen molar-refractivity contribution in [3.05, 3.63) is 73.1 Å². The highest BCUT2D eigenvalue weighted by Crippen LogP contribution is 2.19. The van der Waals surface area contributed by atoms with Crippen molar-refractivity contribution in [2.24, 2.45) is 0 Å². The zero-order chi connectivity index (χ0) is 19.7. The second-order valence-corrected chi connectivity index (χ2v) is 7.05. The second-order valence-electron chi connectivity index (χ2n) is 5.81. The van der Waals surface area contributed by atoms with Crippen molar-refractivity contribution in [1.82, 2.24) is 9.55 Å². The number of carbonyl (C=O) groups is 1. The van der Waals surface area contributed by atoms with Crippen molar-refractivity contribution in [1.29, 1.82) is 0 Å². The van der Waals surface area contributed by atoms with Gasteiger partial charge in [-0.1, -0.05) is 6.07 Å². The first-order valence-corrected chi connectivity index (χ1v) is 8.89. The highest BCUT2D eigenvalue weighted by Gasteiger charge is 2.17. The fraction of sp³-hybridized carbons (Fsp3) is 0.167. The standard InChI is InChI=1S/C18H12F3IN2O3/c19-12-4-1-9(16(20)17(12)21)2-6-14-23-18(27)11-7-10(22)3-5-13(11)24(14)8-15(25)26/h1,3-5,7H,2,6,8H2,(H,25,26). The van der Waals surface area contributed by atoms with Gasteiger partial charge in [0.1, 0.15) is 12.4 Å². The molecule has 3 rings (SSSR count). The zero-order valence-electron chi connectivity index (χ0n) is 13.7. The molecule has 0 unspecified atom stereocenters. The van der Waals surface area contributed by atoms with Gasteiger partial charge in [0.25, 0.3) is 5.56 Å². The van der Waals surface area contributed by atoms with Crippen LogP contribution in [0.15, 0.2) is 35.1 Å². The lowest BCUT2D eigenvalue weighted by Gasteiger charge is -2.14. The number of carboxylic acids is 1. The molecule has 0 aliphatic heterocycles. The van der Waals surface area contributed by atoms with E-state index in [1.165, 1.54) is 4.57 Å². The van der Waals surface area contributed by atoms with Crippen LogP contribution >= 0.6 is 22.6 Å². The molecule has 3 aromatic rings. The van der Waals surface area contributed by atoms with Crippen LogP contribution in [-0.4, -0.2) is 20.6 Å². The van der Waals surface area contributed by atoms with Crippen molar-refractivity contribution >= 4 is 39.5 Å². The molecule has 9 heteroatoms. The molecule has 0 amide bonds. The number of benzene rings is 2. The Morgan fingerprint density at radius 1 is 1.11 bits per heavy atom. The van der Waals surface area contributed by atoms with Gasteiger partial charge in [-0.25, -0.2) is 13.2 Å². The minimum atomic E-state index is -1.57. The number of hydrogen-bond donors (Lipinski definition) is 1. The van der Waals surface area contributed by atoms with E-state index < -0.39 is 35.5 Å². The summed E-state index contributed by atoms with van der Waals surface area (Å²) in [7, 11) is 0. The molecule has 2 aromatic carbocycles. The van der Waals surface area contributed by atoms with Crippen LogP contribution in [0.2, 0.25) is 0 Å². The normalized spacial score (nSPS) is 11.1. The van der Waals surface area contributed by atoms with Crippen LogP contribution in [0, 0.1) is 21.0 Å². The molecule has 1 heterocycles. The van der Waals surface area contributed by atoms with Crippen LogP contribution in [-0.2, 0) is 24.2 Å². The number of fused-ring (bicyclic) bond motifs is 1. The predicted molar refractivity (Wildman–Crippen MR) is 100 cm³/mol. The molecule has 0 saturated heterocycles. The van der Waals surface area contributed by atoms with Crippen LogP contribution in [0.1, 0.15) is 11.4 Å². The summed E-state index contributed by atoms with van der Waals surface area (Å²) >= 11 is 2.02. The zero-order valence-corrected chi connectivity index (χ0v) is 15.8. The molecule has 0 atom stereocenters. The summed E-state index contributed by atoms with van der Waals surface area (Å²) in [6.07, 6.45) is -0.0998. The highest BCUT2D eigenvalue weighted by atomic mass is 127. The summed E-state index contributed by atoms with van der Waals surface area (Å²) in [4.78, 5) is 27.5. The summed E-state index contributed by atoms with van der Waals surface area (Å²) in [5.74, 6) is -5.19. The fourth-order valence-corrected chi connectivity index (χ4v) is 3.29. The quantitative estimate of drug-likeness (QED) is 0.442. The SMILES string of the molecule is O=C(O)Cn1c(CCc2ccc(F)c(F)c2F)nc(=O)c2cc(I)ccc21. The maximum Gasteiger partial charge on any atom is 0.323 e. The number of rotatable bonds is 5. The first-order chi connectivity index (χ1) is 12.8. The third-order valence-electron chi connectivity index (χ3n) is 4.05. The Kier molecular flexibility index (Phi) is 5.49. The van der Waals surface area contributed by atoms with E-state index in [0.717, 1.165) is 15.7 Å². The van der Waals surface area contributed by atoms with Gasteiger partial charge in [0.05, 0.1) is 10.9 Å². The van der Waals surface area contributed by atoms with E-state index in [1.54, 1.807) is 18.2 Å². The van der Waals surface area contributed by atoms with Gasteiger partial charge in [-0.3, -0.25) is 9.59 Å². The van der Waals surface area contributed by atoms with Crippen LogP contribution in [0.4, 0.5) is 13.2 Å². The number of halogens is 4. The molecule has 27 heavy (non-hydrogen) atoms. The lowest BCUT2D eigenvalue weighted by Crippen LogP contribution is -2.22. The molecule has 5 nitrogen and oxygen atoms in total. The average Bonchev–Trinajstić information content (AvgIpc) is 2.62. The molecule has 0 spiro atoms. The summed E-state index contributed by atoms with van der Waals surface area (Å²) in [5, 5.41) is 9.46. The van der Waals surface area contributed by atoms with E-state index in [1.807, 2.05) is 22.6 Å². The van der Waals surface area contributed by atoms with Crippen molar-refractivity contribution in [3.8, 4) is 0 Å². The van der Waals surface area contributed by atoms with Gasteiger partial charge in [0.15, 0.2) is 17.5 Å². The van der Waals surface area contributed by atoms with Crippen LogP contribution in [0.3, 0.4) is 0 Å². The molecule has 0 aliphatic rings. The minimum absolute atomic E-state index is 0.0214. The Labute approximate surface area is 164 Å². The summed E-state index contributed by atoms with van der Waals surface area (Å²) in [5.41, 5.74) is -0.239. The van der Waals surface area contributed by atoms with E-state index in [9.17, 15) is 27.9 Å². The number of nitrogens with zero attached hydrogens (tertiary/aromatic N) is 2. The van der Waals surface area contributed by atoms with Gasteiger partial charge in [-0.2, -0.15) is 4.98 Å². The Morgan fingerprint density at radius 2 is 1.85 bits per heavy atom. The summed E-state index contributed by atoms with van der Waals surface area (Å²) in [6, 6.07) is 6.86. The van der Waals surface area contributed by atoms with Gasteiger partial charge in [0.2, 0.25) is 0 Å². The van der Waals surface area contributed by atoms with E-state index in [0.29, 0.717) is 5.52 Å².